The number of hydrogen-bond donors (Lipinski definition) is 1. The van der Waals surface area contributed by atoms with Gasteiger partial charge in [-0.05, 0) is 31.5 Å². The Labute approximate surface area is 131 Å². The van der Waals surface area contributed by atoms with Crippen LogP contribution in [-0.4, -0.2) is 28.5 Å². The molecule has 2 aromatic rings. The van der Waals surface area contributed by atoms with Crippen molar-refractivity contribution in [3.05, 3.63) is 47.8 Å². The fourth-order valence-electron chi connectivity index (χ4n) is 3.14. The second-order valence-electron chi connectivity index (χ2n) is 5.63. The minimum atomic E-state index is 0.295. The van der Waals surface area contributed by atoms with E-state index in [0.717, 1.165) is 31.0 Å². The van der Waals surface area contributed by atoms with Crippen LogP contribution in [0, 0.1) is 0 Å². The highest BCUT2D eigenvalue weighted by molar-refractivity contribution is 5.33. The molecule has 0 unspecified atom stereocenters. The van der Waals surface area contributed by atoms with Gasteiger partial charge in [0, 0.05) is 18.3 Å². The van der Waals surface area contributed by atoms with E-state index in [4.69, 9.17) is 10.5 Å². The number of ether oxygens (including phenoxy) is 1. The fraction of sp³-hybridized carbons (Fsp3) is 0.412. The number of anilines is 1. The number of aromatic nitrogens is 2. The molecular weight excluding hydrogens is 276 g/mol. The number of nitrogen functional groups attached to an aromatic ring is 1. The Hall–Kier alpha value is -2.14. The molecule has 0 radical (unpaired) electrons. The lowest BCUT2D eigenvalue weighted by molar-refractivity contribution is 0.136. The highest BCUT2D eigenvalue weighted by Gasteiger charge is 2.26. The van der Waals surface area contributed by atoms with Crippen LogP contribution in [0.5, 0.6) is 5.75 Å². The van der Waals surface area contributed by atoms with Gasteiger partial charge in [-0.2, -0.15) is 0 Å². The third-order valence-electron chi connectivity index (χ3n) is 4.22. The number of nitrogens with zero attached hydrogens (tertiary/aromatic N) is 3. The highest BCUT2D eigenvalue weighted by Crippen LogP contribution is 2.32. The lowest BCUT2D eigenvalue weighted by atomic mass is 9.98. The van der Waals surface area contributed by atoms with Crippen molar-refractivity contribution < 1.29 is 4.74 Å². The summed E-state index contributed by atoms with van der Waals surface area (Å²) in [5.74, 6) is 1.29. The number of benzene rings is 1. The van der Waals surface area contributed by atoms with E-state index in [1.54, 1.807) is 13.3 Å². The summed E-state index contributed by atoms with van der Waals surface area (Å²) >= 11 is 0. The van der Waals surface area contributed by atoms with Gasteiger partial charge >= 0.3 is 0 Å². The molecule has 0 spiro atoms. The maximum Gasteiger partial charge on any atom is 0.220 e. The third-order valence-corrected chi connectivity index (χ3v) is 4.22. The molecule has 5 nitrogen and oxygen atoms in total. The van der Waals surface area contributed by atoms with E-state index in [0.29, 0.717) is 12.0 Å². The quantitative estimate of drug-likeness (QED) is 0.940. The summed E-state index contributed by atoms with van der Waals surface area (Å²) in [6.07, 6.45) is 5.28. The van der Waals surface area contributed by atoms with Crippen molar-refractivity contribution in [3.63, 3.8) is 0 Å². The summed E-state index contributed by atoms with van der Waals surface area (Å²) in [5, 5.41) is 0. The smallest absolute Gasteiger partial charge is 0.220 e. The predicted molar refractivity (Wildman–Crippen MR) is 86.4 cm³/mol. The first-order chi connectivity index (χ1) is 10.8. The number of methoxy groups -OCH3 is 1. The van der Waals surface area contributed by atoms with Gasteiger partial charge in [0.15, 0.2) is 0 Å². The Morgan fingerprint density at radius 3 is 2.95 bits per heavy atom. The van der Waals surface area contributed by atoms with E-state index in [9.17, 15) is 0 Å². The summed E-state index contributed by atoms with van der Waals surface area (Å²) < 4.78 is 5.47. The van der Waals surface area contributed by atoms with Gasteiger partial charge in [0.25, 0.3) is 0 Å². The van der Waals surface area contributed by atoms with E-state index < -0.39 is 0 Å². The standard InChI is InChI=1S/C17H22N4O/c1-22-16-8-3-2-6-13(16)12-21-11-5-4-7-15(21)14-9-10-19-17(18)20-14/h2-3,6,8-10,15H,4-5,7,11-12H2,1H3,(H2,18,19,20)/t15-/m0/s1. The topological polar surface area (TPSA) is 64.3 Å². The van der Waals surface area contributed by atoms with Gasteiger partial charge in [0.2, 0.25) is 5.95 Å². The lowest BCUT2D eigenvalue weighted by Crippen LogP contribution is -2.33. The van der Waals surface area contributed by atoms with E-state index in [2.05, 4.69) is 27.0 Å². The second-order valence-corrected chi connectivity index (χ2v) is 5.63. The number of rotatable bonds is 4. The van der Waals surface area contributed by atoms with Crippen molar-refractivity contribution in [2.45, 2.75) is 31.8 Å². The van der Waals surface area contributed by atoms with Crippen LogP contribution in [0.25, 0.3) is 0 Å². The molecule has 1 fully saturated rings. The van der Waals surface area contributed by atoms with Crippen molar-refractivity contribution in [1.29, 1.82) is 0 Å². The highest BCUT2D eigenvalue weighted by atomic mass is 16.5. The van der Waals surface area contributed by atoms with Gasteiger partial charge in [-0.1, -0.05) is 24.6 Å². The first-order valence-electron chi connectivity index (χ1n) is 7.72. The molecule has 1 aliphatic heterocycles. The normalized spacial score (nSPS) is 19.0. The van der Waals surface area contributed by atoms with Crippen molar-refractivity contribution in [2.24, 2.45) is 0 Å². The number of piperidine rings is 1. The Balaban J connectivity index is 1.84. The average Bonchev–Trinajstić information content (AvgIpc) is 2.56. The fourth-order valence-corrected chi connectivity index (χ4v) is 3.14. The number of nitrogens with two attached hydrogens (primary N) is 1. The number of hydrogen-bond acceptors (Lipinski definition) is 5. The Kier molecular flexibility index (Phi) is 4.53. The van der Waals surface area contributed by atoms with Gasteiger partial charge in [0.05, 0.1) is 18.8 Å². The molecule has 1 aromatic carbocycles. The molecular formula is C17H22N4O. The summed E-state index contributed by atoms with van der Waals surface area (Å²) in [7, 11) is 1.72. The minimum absolute atomic E-state index is 0.295. The van der Waals surface area contributed by atoms with Gasteiger partial charge in [-0.15, -0.1) is 0 Å². The zero-order chi connectivity index (χ0) is 15.4. The van der Waals surface area contributed by atoms with Gasteiger partial charge < -0.3 is 10.5 Å². The molecule has 5 heteroatoms. The molecule has 0 saturated carbocycles. The van der Waals surface area contributed by atoms with Crippen LogP contribution in [0.3, 0.4) is 0 Å². The molecule has 2 N–H and O–H groups in total. The second kappa shape index (κ2) is 6.75. The average molecular weight is 298 g/mol. The molecule has 1 saturated heterocycles. The first kappa shape index (κ1) is 14.8. The van der Waals surface area contributed by atoms with Gasteiger partial charge in [0.1, 0.15) is 5.75 Å². The minimum Gasteiger partial charge on any atom is -0.496 e. The first-order valence-corrected chi connectivity index (χ1v) is 7.72. The molecule has 2 heterocycles. The summed E-state index contributed by atoms with van der Waals surface area (Å²) in [4.78, 5) is 10.9. The van der Waals surface area contributed by atoms with E-state index in [1.165, 1.54) is 18.4 Å². The van der Waals surface area contributed by atoms with Gasteiger partial charge in [-0.3, -0.25) is 4.90 Å². The Bertz CT molecular complexity index is 632. The van der Waals surface area contributed by atoms with Crippen molar-refractivity contribution >= 4 is 5.95 Å². The summed E-state index contributed by atoms with van der Waals surface area (Å²) in [6, 6.07) is 10.5. The Morgan fingerprint density at radius 1 is 1.27 bits per heavy atom. The summed E-state index contributed by atoms with van der Waals surface area (Å²) in [5.41, 5.74) is 7.97. The third kappa shape index (κ3) is 3.20. The van der Waals surface area contributed by atoms with E-state index in [-0.39, 0.29) is 0 Å². The van der Waals surface area contributed by atoms with E-state index >= 15 is 0 Å². The molecule has 0 amide bonds. The molecule has 22 heavy (non-hydrogen) atoms. The molecule has 0 bridgehead atoms. The van der Waals surface area contributed by atoms with Crippen LogP contribution in [0.2, 0.25) is 0 Å². The largest absolute Gasteiger partial charge is 0.496 e. The molecule has 1 aromatic heterocycles. The Morgan fingerprint density at radius 2 is 2.14 bits per heavy atom. The maximum absolute atomic E-state index is 5.75. The summed E-state index contributed by atoms with van der Waals surface area (Å²) in [6.45, 7) is 1.92. The monoisotopic (exact) mass is 298 g/mol. The predicted octanol–water partition coefficient (Wildman–Crippen LogP) is 2.79. The van der Waals surface area contributed by atoms with Crippen LogP contribution >= 0.6 is 0 Å². The van der Waals surface area contributed by atoms with E-state index in [1.807, 2.05) is 18.2 Å². The lowest BCUT2D eigenvalue weighted by Gasteiger charge is -2.35. The molecule has 3 rings (SSSR count). The molecule has 116 valence electrons. The van der Waals surface area contributed by atoms with Crippen LogP contribution in [0.15, 0.2) is 36.5 Å². The number of para-hydroxylation sites is 1. The molecule has 1 atom stereocenters. The molecule has 1 aliphatic rings. The van der Waals surface area contributed by atoms with Crippen molar-refractivity contribution in [2.75, 3.05) is 19.4 Å². The van der Waals surface area contributed by atoms with Crippen molar-refractivity contribution in [1.82, 2.24) is 14.9 Å². The van der Waals surface area contributed by atoms with Crippen LogP contribution in [0.4, 0.5) is 5.95 Å². The van der Waals surface area contributed by atoms with Crippen LogP contribution in [-0.2, 0) is 6.54 Å². The number of likely N-dealkylation sites (tertiary alicyclic amines) is 1. The van der Waals surface area contributed by atoms with Gasteiger partial charge in [-0.25, -0.2) is 9.97 Å². The van der Waals surface area contributed by atoms with Crippen LogP contribution < -0.4 is 10.5 Å². The maximum atomic E-state index is 5.75. The SMILES string of the molecule is COc1ccccc1CN1CCCC[C@H]1c1ccnc(N)n1. The zero-order valence-corrected chi connectivity index (χ0v) is 12.9. The van der Waals surface area contributed by atoms with Crippen LogP contribution in [0.1, 0.15) is 36.6 Å². The zero-order valence-electron chi connectivity index (χ0n) is 12.9. The van der Waals surface area contributed by atoms with Crippen molar-refractivity contribution in [3.8, 4) is 5.75 Å². The molecule has 0 aliphatic carbocycles.